The molecule has 6 heteroatoms. The summed E-state index contributed by atoms with van der Waals surface area (Å²) in [5.41, 5.74) is 2.70. The Morgan fingerprint density at radius 3 is 2.78 bits per heavy atom. The Kier molecular flexibility index (Phi) is 4.86. The fourth-order valence-corrected chi connectivity index (χ4v) is 2.90. The van der Waals surface area contributed by atoms with Gasteiger partial charge in [-0.3, -0.25) is 5.84 Å². The molecule has 0 radical (unpaired) electrons. The molecule has 0 amide bonds. The van der Waals surface area contributed by atoms with Crippen molar-refractivity contribution in [1.82, 2.24) is 5.43 Å². The minimum Gasteiger partial charge on any atom is -0.491 e. The second-order valence-electron chi connectivity index (χ2n) is 3.62. The quantitative estimate of drug-likeness (QED) is 0.655. The molecule has 0 saturated heterocycles. The summed E-state index contributed by atoms with van der Waals surface area (Å²) in [5, 5.41) is 3.25. The van der Waals surface area contributed by atoms with Gasteiger partial charge in [-0.1, -0.05) is 29.3 Å². The third-order valence-corrected chi connectivity index (χ3v) is 4.08. The van der Waals surface area contributed by atoms with Gasteiger partial charge in [-0.05, 0) is 29.6 Å². The van der Waals surface area contributed by atoms with Crippen molar-refractivity contribution >= 4 is 34.5 Å². The zero-order chi connectivity index (χ0) is 13.0. The van der Waals surface area contributed by atoms with Gasteiger partial charge in [0.1, 0.15) is 12.4 Å². The molecule has 0 aliphatic rings. The number of hydrazine groups is 1. The highest BCUT2D eigenvalue weighted by Gasteiger charge is 2.15. The minimum absolute atomic E-state index is 0.142. The number of rotatable bonds is 5. The van der Waals surface area contributed by atoms with Crippen molar-refractivity contribution in [3.05, 3.63) is 50.6 Å². The Bertz CT molecular complexity index is 518. The summed E-state index contributed by atoms with van der Waals surface area (Å²) in [7, 11) is 0. The van der Waals surface area contributed by atoms with Gasteiger partial charge in [0.2, 0.25) is 0 Å². The van der Waals surface area contributed by atoms with E-state index in [1.54, 1.807) is 23.5 Å². The van der Waals surface area contributed by atoms with E-state index in [1.807, 2.05) is 23.6 Å². The molecule has 1 unspecified atom stereocenters. The van der Waals surface area contributed by atoms with Gasteiger partial charge in [-0.2, -0.15) is 0 Å². The summed E-state index contributed by atoms with van der Waals surface area (Å²) in [6.07, 6.45) is 0. The monoisotopic (exact) mass is 302 g/mol. The minimum atomic E-state index is -0.142. The normalized spacial score (nSPS) is 12.4. The smallest absolute Gasteiger partial charge is 0.120 e. The fraction of sp³-hybridized carbons (Fsp3) is 0.167. The number of hydrogen-bond acceptors (Lipinski definition) is 4. The van der Waals surface area contributed by atoms with Crippen molar-refractivity contribution in [1.29, 1.82) is 0 Å². The predicted octanol–water partition coefficient (Wildman–Crippen LogP) is 3.64. The van der Waals surface area contributed by atoms with Crippen LogP contribution in [0.4, 0.5) is 0 Å². The first-order valence-corrected chi connectivity index (χ1v) is 6.91. The van der Waals surface area contributed by atoms with Gasteiger partial charge in [-0.25, -0.2) is 5.43 Å². The van der Waals surface area contributed by atoms with Crippen LogP contribution in [0.2, 0.25) is 10.0 Å². The van der Waals surface area contributed by atoms with Crippen LogP contribution in [0.5, 0.6) is 5.75 Å². The summed E-state index contributed by atoms with van der Waals surface area (Å²) in [5.74, 6) is 6.22. The predicted molar refractivity (Wildman–Crippen MR) is 76.3 cm³/mol. The summed E-state index contributed by atoms with van der Waals surface area (Å²) in [6.45, 7) is 0.386. The third kappa shape index (κ3) is 3.37. The summed E-state index contributed by atoms with van der Waals surface area (Å²) < 4.78 is 5.64. The van der Waals surface area contributed by atoms with Gasteiger partial charge in [0.25, 0.3) is 0 Å². The highest BCUT2D eigenvalue weighted by atomic mass is 35.5. The summed E-state index contributed by atoms with van der Waals surface area (Å²) in [6, 6.07) is 8.92. The second kappa shape index (κ2) is 6.41. The van der Waals surface area contributed by atoms with Crippen LogP contribution < -0.4 is 16.0 Å². The molecule has 0 aliphatic heterocycles. The number of nitrogens with one attached hydrogen (secondary N) is 1. The molecular formula is C12H12Cl2N2OS. The number of benzene rings is 1. The van der Waals surface area contributed by atoms with E-state index in [0.29, 0.717) is 22.4 Å². The lowest BCUT2D eigenvalue weighted by Gasteiger charge is -2.16. The lowest BCUT2D eigenvalue weighted by atomic mass is 10.2. The lowest BCUT2D eigenvalue weighted by molar-refractivity contribution is 0.269. The summed E-state index contributed by atoms with van der Waals surface area (Å²) in [4.78, 5) is 0.959. The molecule has 18 heavy (non-hydrogen) atoms. The van der Waals surface area contributed by atoms with Gasteiger partial charge in [0.05, 0.1) is 11.1 Å². The van der Waals surface area contributed by atoms with E-state index in [2.05, 4.69) is 5.43 Å². The third-order valence-electron chi connectivity index (χ3n) is 2.38. The number of halogens is 2. The SMILES string of the molecule is NNC(COc1cccc(Cl)c1)c1sccc1Cl. The van der Waals surface area contributed by atoms with Crippen molar-refractivity contribution in [2.45, 2.75) is 6.04 Å². The average molecular weight is 303 g/mol. The first-order chi connectivity index (χ1) is 8.70. The van der Waals surface area contributed by atoms with E-state index in [1.165, 1.54) is 0 Å². The van der Waals surface area contributed by atoms with Crippen molar-refractivity contribution in [3.63, 3.8) is 0 Å². The van der Waals surface area contributed by atoms with Crippen LogP contribution in [0.3, 0.4) is 0 Å². The Balaban J connectivity index is 2.02. The number of hydrogen-bond donors (Lipinski definition) is 2. The maximum atomic E-state index is 6.06. The second-order valence-corrected chi connectivity index (χ2v) is 5.41. The van der Waals surface area contributed by atoms with E-state index in [9.17, 15) is 0 Å². The van der Waals surface area contributed by atoms with Gasteiger partial charge >= 0.3 is 0 Å². The largest absolute Gasteiger partial charge is 0.491 e. The maximum Gasteiger partial charge on any atom is 0.120 e. The molecule has 3 nitrogen and oxygen atoms in total. The molecule has 3 N–H and O–H groups in total. The molecule has 1 heterocycles. The van der Waals surface area contributed by atoms with Gasteiger partial charge in [0, 0.05) is 9.90 Å². The molecule has 0 aliphatic carbocycles. The molecule has 2 aromatic rings. The molecule has 1 atom stereocenters. The molecule has 1 aromatic heterocycles. The van der Waals surface area contributed by atoms with Crippen LogP contribution in [0.1, 0.15) is 10.9 Å². The lowest BCUT2D eigenvalue weighted by Crippen LogP contribution is -2.31. The van der Waals surface area contributed by atoms with Gasteiger partial charge < -0.3 is 4.74 Å². The molecular weight excluding hydrogens is 291 g/mol. The van der Waals surface area contributed by atoms with Crippen molar-refractivity contribution in [2.75, 3.05) is 6.61 Å². The molecule has 0 spiro atoms. The molecule has 96 valence electrons. The molecule has 0 saturated carbocycles. The van der Waals surface area contributed by atoms with Gasteiger partial charge in [0.15, 0.2) is 0 Å². The highest BCUT2D eigenvalue weighted by molar-refractivity contribution is 7.10. The van der Waals surface area contributed by atoms with Crippen molar-refractivity contribution in [2.24, 2.45) is 5.84 Å². The summed E-state index contributed by atoms with van der Waals surface area (Å²) >= 11 is 13.5. The van der Waals surface area contributed by atoms with E-state index < -0.39 is 0 Å². The van der Waals surface area contributed by atoms with Crippen molar-refractivity contribution < 1.29 is 4.74 Å². The standard InChI is InChI=1S/C12H12Cl2N2OS/c13-8-2-1-3-9(6-8)17-7-11(16-15)12-10(14)4-5-18-12/h1-6,11,16H,7,15H2. The molecule has 2 rings (SSSR count). The topological polar surface area (TPSA) is 47.3 Å². The zero-order valence-electron chi connectivity index (χ0n) is 9.40. The first kappa shape index (κ1) is 13.6. The van der Waals surface area contributed by atoms with E-state index in [-0.39, 0.29) is 6.04 Å². The van der Waals surface area contributed by atoms with Crippen molar-refractivity contribution in [3.8, 4) is 5.75 Å². The average Bonchev–Trinajstić information content (AvgIpc) is 2.77. The van der Waals surface area contributed by atoms with Crippen LogP contribution in [0.25, 0.3) is 0 Å². The number of thiophene rings is 1. The Hall–Kier alpha value is -0.780. The Morgan fingerprint density at radius 1 is 1.33 bits per heavy atom. The van der Waals surface area contributed by atoms with E-state index in [0.717, 1.165) is 4.88 Å². The number of ether oxygens (including phenoxy) is 1. The highest BCUT2D eigenvalue weighted by Crippen LogP contribution is 2.29. The molecule has 0 bridgehead atoms. The van der Waals surface area contributed by atoms with Crippen LogP contribution in [-0.4, -0.2) is 6.61 Å². The first-order valence-electron chi connectivity index (χ1n) is 5.28. The van der Waals surface area contributed by atoms with E-state index >= 15 is 0 Å². The van der Waals surface area contributed by atoms with Crippen LogP contribution in [0.15, 0.2) is 35.7 Å². The van der Waals surface area contributed by atoms with Crippen LogP contribution >= 0.6 is 34.5 Å². The number of nitrogens with two attached hydrogens (primary N) is 1. The molecule has 1 aromatic carbocycles. The maximum absolute atomic E-state index is 6.06. The van der Waals surface area contributed by atoms with Crippen LogP contribution in [-0.2, 0) is 0 Å². The Labute approximate surface area is 119 Å². The molecule has 0 fully saturated rings. The fourth-order valence-electron chi connectivity index (χ4n) is 1.49. The van der Waals surface area contributed by atoms with Crippen LogP contribution in [0, 0.1) is 0 Å². The zero-order valence-corrected chi connectivity index (χ0v) is 11.7. The Morgan fingerprint density at radius 2 is 2.17 bits per heavy atom. The van der Waals surface area contributed by atoms with E-state index in [4.69, 9.17) is 33.8 Å². The van der Waals surface area contributed by atoms with Gasteiger partial charge in [-0.15, -0.1) is 11.3 Å².